The lowest BCUT2D eigenvalue weighted by Gasteiger charge is -2.28. The zero-order valence-corrected chi connectivity index (χ0v) is 10.0. The number of methoxy groups -OCH3 is 1. The second-order valence-corrected chi connectivity index (χ2v) is 4.88. The molecule has 0 aliphatic heterocycles. The third kappa shape index (κ3) is 4.96. The average Bonchev–Trinajstić information content (AvgIpc) is 2.24. The average molecular weight is 215 g/mol. The SMILES string of the molecule is COCC(CO)NCC1CCCC(C)C1. The summed E-state index contributed by atoms with van der Waals surface area (Å²) in [5.74, 6) is 1.67. The molecule has 3 atom stereocenters. The Morgan fingerprint density at radius 3 is 2.87 bits per heavy atom. The molecule has 0 bridgehead atoms. The maximum atomic E-state index is 9.10. The number of rotatable bonds is 6. The van der Waals surface area contributed by atoms with E-state index in [-0.39, 0.29) is 12.6 Å². The van der Waals surface area contributed by atoms with Crippen molar-refractivity contribution in [3.8, 4) is 0 Å². The van der Waals surface area contributed by atoms with Gasteiger partial charge in [0.2, 0.25) is 0 Å². The van der Waals surface area contributed by atoms with Crippen molar-refractivity contribution < 1.29 is 9.84 Å². The molecule has 15 heavy (non-hydrogen) atoms. The van der Waals surface area contributed by atoms with Gasteiger partial charge in [0.05, 0.1) is 19.3 Å². The van der Waals surface area contributed by atoms with E-state index in [9.17, 15) is 0 Å². The van der Waals surface area contributed by atoms with Gasteiger partial charge in [-0.2, -0.15) is 0 Å². The van der Waals surface area contributed by atoms with Crippen LogP contribution < -0.4 is 5.32 Å². The van der Waals surface area contributed by atoms with Crippen LogP contribution in [0.3, 0.4) is 0 Å². The molecular weight excluding hydrogens is 190 g/mol. The van der Waals surface area contributed by atoms with Gasteiger partial charge in [0.1, 0.15) is 0 Å². The Labute approximate surface area is 93.2 Å². The third-order valence-corrected chi connectivity index (χ3v) is 3.33. The molecule has 0 amide bonds. The fraction of sp³-hybridized carbons (Fsp3) is 1.00. The highest BCUT2D eigenvalue weighted by Crippen LogP contribution is 2.27. The van der Waals surface area contributed by atoms with Crippen LogP contribution in [0.1, 0.15) is 32.6 Å². The van der Waals surface area contributed by atoms with E-state index >= 15 is 0 Å². The van der Waals surface area contributed by atoms with Crippen LogP contribution in [0.4, 0.5) is 0 Å². The summed E-state index contributed by atoms with van der Waals surface area (Å²) in [6.45, 7) is 4.12. The van der Waals surface area contributed by atoms with Crippen LogP contribution in [-0.2, 0) is 4.74 Å². The Hall–Kier alpha value is -0.120. The van der Waals surface area contributed by atoms with Crippen molar-refractivity contribution >= 4 is 0 Å². The molecule has 0 aromatic heterocycles. The monoisotopic (exact) mass is 215 g/mol. The van der Waals surface area contributed by atoms with Gasteiger partial charge in [-0.25, -0.2) is 0 Å². The summed E-state index contributed by atoms with van der Waals surface area (Å²) < 4.78 is 5.03. The first-order chi connectivity index (χ1) is 7.26. The first-order valence-electron chi connectivity index (χ1n) is 6.09. The summed E-state index contributed by atoms with van der Waals surface area (Å²) in [7, 11) is 1.67. The summed E-state index contributed by atoms with van der Waals surface area (Å²) in [5.41, 5.74) is 0. The van der Waals surface area contributed by atoms with E-state index in [2.05, 4.69) is 12.2 Å². The van der Waals surface area contributed by atoms with Crippen LogP contribution in [0.5, 0.6) is 0 Å². The predicted molar refractivity (Wildman–Crippen MR) is 61.9 cm³/mol. The maximum Gasteiger partial charge on any atom is 0.0638 e. The van der Waals surface area contributed by atoms with Gasteiger partial charge in [0.15, 0.2) is 0 Å². The van der Waals surface area contributed by atoms with Crippen molar-refractivity contribution in [3.63, 3.8) is 0 Å². The lowest BCUT2D eigenvalue weighted by molar-refractivity contribution is 0.123. The maximum absolute atomic E-state index is 9.10. The van der Waals surface area contributed by atoms with E-state index in [0.717, 1.165) is 18.4 Å². The van der Waals surface area contributed by atoms with Crippen LogP contribution >= 0.6 is 0 Å². The number of ether oxygens (including phenoxy) is 1. The minimum Gasteiger partial charge on any atom is -0.395 e. The lowest BCUT2D eigenvalue weighted by atomic mass is 9.82. The van der Waals surface area contributed by atoms with Crippen molar-refractivity contribution in [3.05, 3.63) is 0 Å². The number of hydrogen-bond acceptors (Lipinski definition) is 3. The summed E-state index contributed by atoms with van der Waals surface area (Å²) in [6.07, 6.45) is 5.42. The zero-order valence-electron chi connectivity index (χ0n) is 10.0. The molecule has 1 saturated carbocycles. The molecule has 2 N–H and O–H groups in total. The van der Waals surface area contributed by atoms with Crippen LogP contribution in [0.2, 0.25) is 0 Å². The van der Waals surface area contributed by atoms with Gasteiger partial charge in [0.25, 0.3) is 0 Å². The number of nitrogens with one attached hydrogen (secondary N) is 1. The minimum absolute atomic E-state index is 0.104. The number of hydrogen-bond donors (Lipinski definition) is 2. The van der Waals surface area contributed by atoms with Crippen LogP contribution in [0.15, 0.2) is 0 Å². The molecule has 0 heterocycles. The molecule has 1 rings (SSSR count). The van der Waals surface area contributed by atoms with E-state index in [4.69, 9.17) is 9.84 Å². The molecule has 1 aliphatic rings. The Bertz CT molecular complexity index is 164. The van der Waals surface area contributed by atoms with Crippen molar-refractivity contribution in [2.75, 3.05) is 26.9 Å². The summed E-state index contributed by atoms with van der Waals surface area (Å²) >= 11 is 0. The quantitative estimate of drug-likeness (QED) is 0.704. The highest BCUT2D eigenvalue weighted by Gasteiger charge is 2.19. The third-order valence-electron chi connectivity index (χ3n) is 3.33. The molecular formula is C12H25NO2. The van der Waals surface area contributed by atoms with Crippen LogP contribution in [-0.4, -0.2) is 38.0 Å². The van der Waals surface area contributed by atoms with Crippen molar-refractivity contribution in [1.82, 2.24) is 5.32 Å². The number of aliphatic hydroxyl groups excluding tert-OH is 1. The highest BCUT2D eigenvalue weighted by molar-refractivity contribution is 4.74. The van der Waals surface area contributed by atoms with Gasteiger partial charge in [0, 0.05) is 7.11 Å². The topological polar surface area (TPSA) is 41.5 Å². The minimum atomic E-state index is 0.104. The second-order valence-electron chi connectivity index (χ2n) is 4.88. The molecule has 0 radical (unpaired) electrons. The molecule has 3 heteroatoms. The Kier molecular flexibility index (Phi) is 6.22. The van der Waals surface area contributed by atoms with E-state index < -0.39 is 0 Å². The van der Waals surface area contributed by atoms with Crippen molar-refractivity contribution in [2.24, 2.45) is 11.8 Å². The van der Waals surface area contributed by atoms with Gasteiger partial charge >= 0.3 is 0 Å². The molecule has 1 fully saturated rings. The highest BCUT2D eigenvalue weighted by atomic mass is 16.5. The normalized spacial score (nSPS) is 29.0. The van der Waals surface area contributed by atoms with Crippen molar-refractivity contribution in [2.45, 2.75) is 38.6 Å². The van der Waals surface area contributed by atoms with Crippen LogP contribution in [0, 0.1) is 11.8 Å². The van der Waals surface area contributed by atoms with E-state index in [1.54, 1.807) is 7.11 Å². The van der Waals surface area contributed by atoms with Gasteiger partial charge in [-0.05, 0) is 31.2 Å². The molecule has 0 aromatic carbocycles. The molecule has 90 valence electrons. The standard InChI is InChI=1S/C12H25NO2/c1-10-4-3-5-11(6-10)7-13-12(8-14)9-15-2/h10-14H,3-9H2,1-2H3. The Morgan fingerprint density at radius 2 is 2.27 bits per heavy atom. The Morgan fingerprint density at radius 1 is 1.47 bits per heavy atom. The zero-order chi connectivity index (χ0) is 11.1. The molecule has 3 nitrogen and oxygen atoms in total. The summed E-state index contributed by atoms with van der Waals surface area (Å²) in [6, 6.07) is 0.104. The van der Waals surface area contributed by atoms with Gasteiger partial charge in [-0.1, -0.05) is 19.8 Å². The molecule has 0 saturated heterocycles. The van der Waals surface area contributed by atoms with Gasteiger partial charge in [-0.3, -0.25) is 0 Å². The molecule has 1 aliphatic carbocycles. The largest absolute Gasteiger partial charge is 0.395 e. The van der Waals surface area contributed by atoms with Gasteiger partial charge in [-0.15, -0.1) is 0 Å². The van der Waals surface area contributed by atoms with E-state index in [1.165, 1.54) is 25.7 Å². The van der Waals surface area contributed by atoms with E-state index in [1.807, 2.05) is 0 Å². The first-order valence-corrected chi connectivity index (χ1v) is 6.09. The predicted octanol–water partition coefficient (Wildman–Crippen LogP) is 1.41. The lowest BCUT2D eigenvalue weighted by Crippen LogP contribution is -2.40. The van der Waals surface area contributed by atoms with Crippen molar-refractivity contribution in [1.29, 1.82) is 0 Å². The first kappa shape index (κ1) is 12.9. The van der Waals surface area contributed by atoms with Crippen LogP contribution in [0.25, 0.3) is 0 Å². The summed E-state index contributed by atoms with van der Waals surface area (Å²) in [4.78, 5) is 0. The van der Waals surface area contributed by atoms with E-state index in [0.29, 0.717) is 6.61 Å². The van der Waals surface area contributed by atoms with Gasteiger partial charge < -0.3 is 15.2 Å². The fourth-order valence-electron chi connectivity index (χ4n) is 2.46. The molecule has 0 aromatic rings. The fourth-order valence-corrected chi connectivity index (χ4v) is 2.46. The number of aliphatic hydroxyl groups is 1. The Balaban J connectivity index is 2.16. The second kappa shape index (κ2) is 7.20. The molecule has 3 unspecified atom stereocenters. The smallest absolute Gasteiger partial charge is 0.0638 e. The molecule has 0 spiro atoms. The summed E-state index contributed by atoms with van der Waals surface area (Å²) in [5, 5.41) is 12.5.